The Morgan fingerprint density at radius 2 is 2.17 bits per heavy atom. The minimum absolute atomic E-state index is 0.194. The average Bonchev–Trinajstić information content (AvgIpc) is 2.83. The maximum absolute atomic E-state index is 11.5. The number of thiophene rings is 1. The van der Waals surface area contributed by atoms with Crippen molar-refractivity contribution in [1.29, 1.82) is 0 Å². The molecule has 0 saturated carbocycles. The highest BCUT2D eigenvalue weighted by Gasteiger charge is 2.01. The smallest absolute Gasteiger partial charge is 0.219 e. The predicted octanol–water partition coefficient (Wildman–Crippen LogP) is 2.53. The zero-order valence-electron chi connectivity index (χ0n) is 11.4. The summed E-state index contributed by atoms with van der Waals surface area (Å²) in [6, 6.07) is 4.24. The molecule has 3 nitrogen and oxygen atoms in total. The van der Waals surface area contributed by atoms with Gasteiger partial charge in [-0.3, -0.25) is 4.79 Å². The first kappa shape index (κ1) is 15.2. The van der Waals surface area contributed by atoms with Crippen LogP contribution in [0.5, 0.6) is 0 Å². The van der Waals surface area contributed by atoms with Gasteiger partial charge in [-0.05, 0) is 57.8 Å². The largest absolute Gasteiger partial charge is 0.356 e. The lowest BCUT2D eigenvalue weighted by atomic mass is 10.1. The van der Waals surface area contributed by atoms with Gasteiger partial charge in [0.1, 0.15) is 0 Å². The van der Waals surface area contributed by atoms with E-state index in [1.165, 1.54) is 4.88 Å². The standard InChI is InChI=1S/C14H24N2OS/c1-16(2)11-6-10-15-14(17)9-4-3-7-13-8-5-12-18-13/h5,8,12H,3-4,6-7,9-11H2,1-2H3,(H,15,17). The number of amides is 1. The van der Waals surface area contributed by atoms with Gasteiger partial charge in [-0.2, -0.15) is 0 Å². The van der Waals surface area contributed by atoms with Crippen molar-refractivity contribution in [3.63, 3.8) is 0 Å². The normalized spacial score (nSPS) is 10.8. The molecule has 0 atom stereocenters. The highest BCUT2D eigenvalue weighted by atomic mass is 32.1. The van der Waals surface area contributed by atoms with Crippen molar-refractivity contribution in [2.45, 2.75) is 32.1 Å². The first-order chi connectivity index (χ1) is 8.68. The Balaban J connectivity index is 1.93. The number of hydrogen-bond acceptors (Lipinski definition) is 3. The Bertz CT molecular complexity index is 323. The molecule has 1 heterocycles. The number of unbranched alkanes of at least 4 members (excludes halogenated alkanes) is 1. The number of rotatable bonds is 9. The second-order valence-corrected chi connectivity index (χ2v) is 5.83. The van der Waals surface area contributed by atoms with Crippen LogP contribution in [0.4, 0.5) is 0 Å². The quantitative estimate of drug-likeness (QED) is 0.698. The minimum atomic E-state index is 0.194. The van der Waals surface area contributed by atoms with Crippen LogP contribution in [0.15, 0.2) is 17.5 Å². The molecular formula is C14H24N2OS. The molecule has 1 N–H and O–H groups in total. The maximum atomic E-state index is 11.5. The van der Waals surface area contributed by atoms with Crippen molar-refractivity contribution >= 4 is 17.2 Å². The third-order valence-corrected chi connectivity index (χ3v) is 3.70. The van der Waals surface area contributed by atoms with Crippen LogP contribution in [-0.2, 0) is 11.2 Å². The topological polar surface area (TPSA) is 32.3 Å². The fourth-order valence-electron chi connectivity index (χ4n) is 1.75. The predicted molar refractivity (Wildman–Crippen MR) is 78.1 cm³/mol. The molecule has 0 radical (unpaired) electrons. The Hall–Kier alpha value is -0.870. The van der Waals surface area contributed by atoms with Gasteiger partial charge in [0, 0.05) is 17.8 Å². The molecule has 0 bridgehead atoms. The fourth-order valence-corrected chi connectivity index (χ4v) is 2.50. The monoisotopic (exact) mass is 268 g/mol. The van der Waals surface area contributed by atoms with E-state index in [1.807, 2.05) is 14.1 Å². The summed E-state index contributed by atoms with van der Waals surface area (Å²) in [6.45, 7) is 1.82. The second-order valence-electron chi connectivity index (χ2n) is 4.79. The summed E-state index contributed by atoms with van der Waals surface area (Å²) >= 11 is 1.80. The van der Waals surface area contributed by atoms with Crippen LogP contribution in [0.2, 0.25) is 0 Å². The summed E-state index contributed by atoms with van der Waals surface area (Å²) in [7, 11) is 4.10. The molecule has 0 aromatic carbocycles. The zero-order chi connectivity index (χ0) is 13.2. The van der Waals surface area contributed by atoms with E-state index in [9.17, 15) is 4.79 Å². The van der Waals surface area contributed by atoms with E-state index < -0.39 is 0 Å². The molecule has 0 aliphatic rings. The van der Waals surface area contributed by atoms with Gasteiger partial charge < -0.3 is 10.2 Å². The van der Waals surface area contributed by atoms with E-state index in [-0.39, 0.29) is 5.91 Å². The second kappa shape index (κ2) is 9.11. The van der Waals surface area contributed by atoms with Crippen molar-refractivity contribution < 1.29 is 4.79 Å². The van der Waals surface area contributed by atoms with Crippen molar-refractivity contribution in [1.82, 2.24) is 10.2 Å². The van der Waals surface area contributed by atoms with E-state index in [1.54, 1.807) is 11.3 Å². The molecule has 1 aromatic heterocycles. The number of carbonyl (C=O) groups is 1. The van der Waals surface area contributed by atoms with Gasteiger partial charge in [0.15, 0.2) is 0 Å². The molecule has 1 amide bonds. The first-order valence-electron chi connectivity index (χ1n) is 6.62. The lowest BCUT2D eigenvalue weighted by Crippen LogP contribution is -2.26. The SMILES string of the molecule is CN(C)CCCNC(=O)CCCCc1cccs1. The number of nitrogens with one attached hydrogen (secondary N) is 1. The summed E-state index contributed by atoms with van der Waals surface area (Å²) in [5.41, 5.74) is 0. The van der Waals surface area contributed by atoms with Crippen LogP contribution in [0.1, 0.15) is 30.6 Å². The summed E-state index contributed by atoms with van der Waals surface area (Å²) in [6.07, 6.45) is 4.87. The van der Waals surface area contributed by atoms with Gasteiger partial charge in [-0.1, -0.05) is 6.07 Å². The van der Waals surface area contributed by atoms with Crippen LogP contribution in [-0.4, -0.2) is 38.0 Å². The Kier molecular flexibility index (Phi) is 7.69. The number of nitrogens with zero attached hydrogens (tertiary/aromatic N) is 1. The third kappa shape index (κ3) is 7.45. The molecule has 0 aliphatic carbocycles. The van der Waals surface area contributed by atoms with Crippen molar-refractivity contribution in [3.8, 4) is 0 Å². The molecular weight excluding hydrogens is 244 g/mol. The number of hydrogen-bond donors (Lipinski definition) is 1. The molecule has 1 aromatic rings. The molecule has 0 saturated heterocycles. The van der Waals surface area contributed by atoms with E-state index >= 15 is 0 Å². The van der Waals surface area contributed by atoms with Crippen LogP contribution >= 0.6 is 11.3 Å². The van der Waals surface area contributed by atoms with Gasteiger partial charge >= 0.3 is 0 Å². The highest BCUT2D eigenvalue weighted by molar-refractivity contribution is 7.09. The Morgan fingerprint density at radius 1 is 1.33 bits per heavy atom. The first-order valence-corrected chi connectivity index (χ1v) is 7.50. The lowest BCUT2D eigenvalue weighted by Gasteiger charge is -2.09. The van der Waals surface area contributed by atoms with E-state index in [0.29, 0.717) is 6.42 Å². The molecule has 1 rings (SSSR count). The van der Waals surface area contributed by atoms with Crippen molar-refractivity contribution in [2.75, 3.05) is 27.2 Å². The highest BCUT2D eigenvalue weighted by Crippen LogP contribution is 2.12. The van der Waals surface area contributed by atoms with Gasteiger partial charge in [-0.25, -0.2) is 0 Å². The Labute approximate surface area is 114 Å². The van der Waals surface area contributed by atoms with E-state index in [2.05, 4.69) is 27.7 Å². The maximum Gasteiger partial charge on any atom is 0.219 e. The van der Waals surface area contributed by atoms with Gasteiger partial charge in [0.05, 0.1) is 0 Å². The molecule has 0 unspecified atom stereocenters. The molecule has 0 spiro atoms. The molecule has 102 valence electrons. The van der Waals surface area contributed by atoms with Crippen LogP contribution < -0.4 is 5.32 Å². The fraction of sp³-hybridized carbons (Fsp3) is 0.643. The van der Waals surface area contributed by atoms with Crippen molar-refractivity contribution in [2.24, 2.45) is 0 Å². The third-order valence-electron chi connectivity index (χ3n) is 2.76. The summed E-state index contributed by atoms with van der Waals surface area (Å²) in [5.74, 6) is 0.194. The molecule has 0 fully saturated rings. The van der Waals surface area contributed by atoms with Gasteiger partial charge in [-0.15, -0.1) is 11.3 Å². The van der Waals surface area contributed by atoms with Crippen LogP contribution in [0, 0.1) is 0 Å². The molecule has 0 aliphatic heterocycles. The van der Waals surface area contributed by atoms with Crippen LogP contribution in [0.25, 0.3) is 0 Å². The molecule has 4 heteroatoms. The summed E-state index contributed by atoms with van der Waals surface area (Å²) < 4.78 is 0. The summed E-state index contributed by atoms with van der Waals surface area (Å²) in [5, 5.41) is 5.07. The number of aryl methyl sites for hydroxylation is 1. The van der Waals surface area contributed by atoms with E-state index in [0.717, 1.165) is 38.8 Å². The number of carbonyl (C=O) groups excluding carboxylic acids is 1. The molecule has 18 heavy (non-hydrogen) atoms. The van der Waals surface area contributed by atoms with E-state index in [4.69, 9.17) is 0 Å². The van der Waals surface area contributed by atoms with Crippen molar-refractivity contribution in [3.05, 3.63) is 22.4 Å². The Morgan fingerprint density at radius 3 is 2.83 bits per heavy atom. The van der Waals surface area contributed by atoms with Gasteiger partial charge in [0.2, 0.25) is 5.91 Å². The van der Waals surface area contributed by atoms with Crippen LogP contribution in [0.3, 0.4) is 0 Å². The minimum Gasteiger partial charge on any atom is -0.356 e. The van der Waals surface area contributed by atoms with Gasteiger partial charge in [0.25, 0.3) is 0 Å². The summed E-state index contributed by atoms with van der Waals surface area (Å²) in [4.78, 5) is 15.1. The lowest BCUT2D eigenvalue weighted by molar-refractivity contribution is -0.121. The zero-order valence-corrected chi connectivity index (χ0v) is 12.3. The average molecular weight is 268 g/mol.